The highest BCUT2D eigenvalue weighted by Crippen LogP contribution is 2.28. The van der Waals surface area contributed by atoms with E-state index in [-0.39, 0.29) is 0 Å². The van der Waals surface area contributed by atoms with Crippen molar-refractivity contribution in [2.45, 2.75) is 0 Å². The van der Waals surface area contributed by atoms with Gasteiger partial charge in [0, 0.05) is 21.6 Å². The van der Waals surface area contributed by atoms with Gasteiger partial charge >= 0.3 is 0 Å². The van der Waals surface area contributed by atoms with E-state index in [2.05, 4.69) is 32.0 Å². The third-order valence-electron chi connectivity index (χ3n) is 2.76. The third kappa shape index (κ3) is 2.62. The zero-order chi connectivity index (χ0) is 13.9. The Morgan fingerprint density at radius 2 is 1.85 bits per heavy atom. The standard InChI is InChI=1S/C15H8BrN3S/c16-12-5-6-13(18-8-12)15-19-14(9-20-15)11-3-1-10(7-17)2-4-11/h1-6,8-9H. The molecular formula is C15H8BrN3S. The molecule has 0 N–H and O–H groups in total. The summed E-state index contributed by atoms with van der Waals surface area (Å²) in [7, 11) is 0. The van der Waals surface area contributed by atoms with Gasteiger partial charge in [-0.25, -0.2) is 4.98 Å². The maximum absolute atomic E-state index is 8.80. The molecule has 0 fully saturated rings. The van der Waals surface area contributed by atoms with E-state index in [1.54, 1.807) is 29.7 Å². The van der Waals surface area contributed by atoms with E-state index in [0.717, 1.165) is 26.4 Å². The van der Waals surface area contributed by atoms with E-state index < -0.39 is 0 Å². The van der Waals surface area contributed by atoms with Crippen LogP contribution in [0.4, 0.5) is 0 Å². The van der Waals surface area contributed by atoms with Crippen molar-refractivity contribution in [3.63, 3.8) is 0 Å². The summed E-state index contributed by atoms with van der Waals surface area (Å²) in [6, 6.07) is 13.4. The second-order valence-corrected chi connectivity index (χ2v) is 5.86. The number of nitriles is 1. The molecule has 2 heterocycles. The van der Waals surface area contributed by atoms with Gasteiger partial charge in [0.2, 0.25) is 0 Å². The average molecular weight is 342 g/mol. The summed E-state index contributed by atoms with van der Waals surface area (Å²) in [5.74, 6) is 0. The lowest BCUT2D eigenvalue weighted by atomic mass is 10.1. The van der Waals surface area contributed by atoms with Gasteiger partial charge in [-0.2, -0.15) is 5.26 Å². The summed E-state index contributed by atoms with van der Waals surface area (Å²) in [5, 5.41) is 11.7. The quantitative estimate of drug-likeness (QED) is 0.689. The van der Waals surface area contributed by atoms with E-state index in [1.807, 2.05) is 29.6 Å². The summed E-state index contributed by atoms with van der Waals surface area (Å²) in [4.78, 5) is 8.93. The number of halogens is 1. The van der Waals surface area contributed by atoms with E-state index in [1.165, 1.54) is 0 Å². The minimum atomic E-state index is 0.652. The highest BCUT2D eigenvalue weighted by Gasteiger charge is 2.07. The second kappa shape index (κ2) is 5.53. The smallest absolute Gasteiger partial charge is 0.142 e. The van der Waals surface area contributed by atoms with Crippen LogP contribution in [0.1, 0.15) is 5.56 Å². The Kier molecular flexibility index (Phi) is 3.59. The van der Waals surface area contributed by atoms with Crippen LogP contribution in [0, 0.1) is 11.3 Å². The van der Waals surface area contributed by atoms with Gasteiger partial charge in [0.25, 0.3) is 0 Å². The predicted molar refractivity (Wildman–Crippen MR) is 83.2 cm³/mol. The summed E-state index contributed by atoms with van der Waals surface area (Å²) in [6.45, 7) is 0. The lowest BCUT2D eigenvalue weighted by molar-refractivity contribution is 1.28. The first-order chi connectivity index (χ1) is 9.76. The SMILES string of the molecule is N#Cc1ccc(-c2csc(-c3ccc(Br)cn3)n2)cc1. The fraction of sp³-hybridized carbons (Fsp3) is 0. The van der Waals surface area contributed by atoms with Crippen molar-refractivity contribution in [3.8, 4) is 28.0 Å². The second-order valence-electron chi connectivity index (χ2n) is 4.09. The van der Waals surface area contributed by atoms with Crippen LogP contribution in [0.25, 0.3) is 22.0 Å². The van der Waals surface area contributed by atoms with Crippen LogP contribution in [-0.2, 0) is 0 Å². The van der Waals surface area contributed by atoms with Crippen LogP contribution in [-0.4, -0.2) is 9.97 Å². The molecule has 0 aliphatic rings. The molecule has 0 spiro atoms. The highest BCUT2D eigenvalue weighted by atomic mass is 79.9. The lowest BCUT2D eigenvalue weighted by Gasteiger charge is -1.97. The summed E-state index contributed by atoms with van der Waals surface area (Å²) < 4.78 is 0.949. The number of aromatic nitrogens is 2. The molecule has 0 aliphatic carbocycles. The molecule has 2 aromatic heterocycles. The van der Waals surface area contributed by atoms with Gasteiger partial charge in [0.1, 0.15) is 5.01 Å². The number of benzene rings is 1. The first-order valence-electron chi connectivity index (χ1n) is 5.84. The monoisotopic (exact) mass is 341 g/mol. The third-order valence-corrected chi connectivity index (χ3v) is 4.09. The van der Waals surface area contributed by atoms with E-state index in [4.69, 9.17) is 5.26 Å². The van der Waals surface area contributed by atoms with Gasteiger partial charge in [0.05, 0.1) is 23.0 Å². The van der Waals surface area contributed by atoms with Crippen molar-refractivity contribution >= 4 is 27.3 Å². The van der Waals surface area contributed by atoms with Crippen LogP contribution in [0.15, 0.2) is 52.4 Å². The minimum absolute atomic E-state index is 0.652. The van der Waals surface area contributed by atoms with Gasteiger partial charge in [0.15, 0.2) is 0 Å². The summed E-state index contributed by atoms with van der Waals surface area (Å²) in [6.07, 6.45) is 1.76. The Bertz CT molecular complexity index is 770. The molecule has 0 amide bonds. The fourth-order valence-corrected chi connectivity index (χ4v) is 2.78. The Labute approximate surface area is 128 Å². The number of hydrogen-bond acceptors (Lipinski definition) is 4. The van der Waals surface area contributed by atoms with Gasteiger partial charge < -0.3 is 0 Å². The molecule has 0 radical (unpaired) electrons. The zero-order valence-electron chi connectivity index (χ0n) is 10.2. The Balaban J connectivity index is 1.93. The molecule has 5 heteroatoms. The molecule has 20 heavy (non-hydrogen) atoms. The number of hydrogen-bond donors (Lipinski definition) is 0. The van der Waals surface area contributed by atoms with Gasteiger partial charge in [-0.05, 0) is 40.2 Å². The molecule has 3 aromatic rings. The molecule has 96 valence electrons. The van der Waals surface area contributed by atoms with Crippen molar-refractivity contribution < 1.29 is 0 Å². The molecule has 0 saturated heterocycles. The molecule has 3 nitrogen and oxygen atoms in total. The summed E-state index contributed by atoms with van der Waals surface area (Å²) in [5.41, 5.74) is 3.42. The Morgan fingerprint density at radius 1 is 1.05 bits per heavy atom. The Morgan fingerprint density at radius 3 is 2.50 bits per heavy atom. The van der Waals surface area contributed by atoms with E-state index in [0.29, 0.717) is 5.56 Å². The minimum Gasteiger partial charge on any atom is -0.253 e. The van der Waals surface area contributed by atoms with Crippen LogP contribution in [0.2, 0.25) is 0 Å². The van der Waals surface area contributed by atoms with Crippen LogP contribution < -0.4 is 0 Å². The van der Waals surface area contributed by atoms with Crippen LogP contribution in [0.3, 0.4) is 0 Å². The number of rotatable bonds is 2. The molecule has 0 saturated carbocycles. The van der Waals surface area contributed by atoms with Gasteiger partial charge in [-0.3, -0.25) is 4.98 Å². The van der Waals surface area contributed by atoms with Gasteiger partial charge in [-0.15, -0.1) is 11.3 Å². The summed E-state index contributed by atoms with van der Waals surface area (Å²) >= 11 is 4.93. The number of nitrogens with zero attached hydrogens (tertiary/aromatic N) is 3. The fourth-order valence-electron chi connectivity index (χ4n) is 1.74. The van der Waals surface area contributed by atoms with Crippen molar-refractivity contribution in [1.82, 2.24) is 9.97 Å². The average Bonchev–Trinajstić information content (AvgIpc) is 2.98. The first-order valence-corrected chi connectivity index (χ1v) is 7.51. The van der Waals surface area contributed by atoms with Crippen molar-refractivity contribution in [2.75, 3.05) is 0 Å². The molecule has 0 unspecified atom stereocenters. The zero-order valence-corrected chi connectivity index (χ0v) is 12.6. The predicted octanol–water partition coefficient (Wildman–Crippen LogP) is 4.51. The maximum Gasteiger partial charge on any atom is 0.142 e. The van der Waals surface area contributed by atoms with E-state index in [9.17, 15) is 0 Å². The molecule has 0 bridgehead atoms. The normalized spacial score (nSPS) is 10.2. The van der Waals surface area contributed by atoms with Crippen molar-refractivity contribution in [3.05, 3.63) is 58.0 Å². The molecular weight excluding hydrogens is 334 g/mol. The van der Waals surface area contributed by atoms with Crippen molar-refractivity contribution in [1.29, 1.82) is 5.26 Å². The Hall–Kier alpha value is -2.03. The number of pyridine rings is 1. The maximum atomic E-state index is 8.80. The number of thiazole rings is 1. The van der Waals surface area contributed by atoms with E-state index >= 15 is 0 Å². The molecule has 0 atom stereocenters. The highest BCUT2D eigenvalue weighted by molar-refractivity contribution is 9.10. The lowest BCUT2D eigenvalue weighted by Crippen LogP contribution is -1.83. The van der Waals surface area contributed by atoms with Gasteiger partial charge in [-0.1, -0.05) is 12.1 Å². The van der Waals surface area contributed by atoms with Crippen LogP contribution in [0.5, 0.6) is 0 Å². The largest absolute Gasteiger partial charge is 0.253 e. The topological polar surface area (TPSA) is 49.6 Å². The van der Waals surface area contributed by atoms with Crippen LogP contribution >= 0.6 is 27.3 Å². The van der Waals surface area contributed by atoms with Crippen molar-refractivity contribution in [2.24, 2.45) is 0 Å². The first kappa shape index (κ1) is 13.0. The molecule has 3 rings (SSSR count). The molecule has 1 aromatic carbocycles. The molecule has 0 aliphatic heterocycles.